The van der Waals surface area contributed by atoms with Crippen molar-refractivity contribution in [3.8, 4) is 0 Å². The van der Waals surface area contributed by atoms with E-state index in [2.05, 4.69) is 0 Å². The van der Waals surface area contributed by atoms with Crippen LogP contribution in [-0.2, 0) is 10.3 Å². The van der Waals surface area contributed by atoms with E-state index in [1.165, 1.54) is 0 Å². The molecule has 1 saturated heterocycles. The zero-order chi connectivity index (χ0) is 21.5. The number of piperazine rings is 1. The lowest BCUT2D eigenvalue weighted by Gasteiger charge is -2.44. The van der Waals surface area contributed by atoms with E-state index >= 15 is 0 Å². The maximum atomic E-state index is 13.7. The summed E-state index contributed by atoms with van der Waals surface area (Å²) >= 11 is 0. The van der Waals surface area contributed by atoms with E-state index in [-0.39, 0.29) is 17.7 Å². The van der Waals surface area contributed by atoms with Gasteiger partial charge in [0.05, 0.1) is 0 Å². The van der Waals surface area contributed by atoms with Crippen molar-refractivity contribution in [1.29, 1.82) is 0 Å². The fourth-order valence-electron chi connectivity index (χ4n) is 4.33. The van der Waals surface area contributed by atoms with Crippen LogP contribution in [0.25, 0.3) is 0 Å². The second-order valence-electron chi connectivity index (χ2n) is 8.73. The summed E-state index contributed by atoms with van der Waals surface area (Å²) in [7, 11) is 0. The van der Waals surface area contributed by atoms with Crippen LogP contribution in [0.1, 0.15) is 47.1 Å². The molecule has 0 radical (unpaired) electrons. The summed E-state index contributed by atoms with van der Waals surface area (Å²) in [5.41, 5.74) is -0.368. The number of hydrogen-bond acceptors (Lipinski definition) is 5. The van der Waals surface area contributed by atoms with Crippen molar-refractivity contribution in [2.75, 3.05) is 26.2 Å². The molecule has 2 aliphatic rings. The molecule has 1 aliphatic carbocycles. The molecular formula is C24H26N2O4. The maximum absolute atomic E-state index is 13.7. The topological polar surface area (TPSA) is 66.9 Å². The van der Waals surface area contributed by atoms with Crippen molar-refractivity contribution in [2.24, 2.45) is 0 Å². The molecule has 0 unspecified atom stereocenters. The monoisotopic (exact) mass is 406 g/mol. The van der Waals surface area contributed by atoms with Gasteiger partial charge < -0.3 is 9.64 Å². The van der Waals surface area contributed by atoms with Gasteiger partial charge in [-0.1, -0.05) is 54.6 Å². The van der Waals surface area contributed by atoms with Gasteiger partial charge in [-0.3, -0.25) is 14.5 Å². The third-order valence-electron chi connectivity index (χ3n) is 5.67. The molecule has 4 rings (SSSR count). The number of Topliss-reactive ketones (excluding diaryl/α,β-unsaturated/α-hetero) is 2. The first-order valence-corrected chi connectivity index (χ1v) is 10.2. The Morgan fingerprint density at radius 3 is 1.83 bits per heavy atom. The van der Waals surface area contributed by atoms with Crippen molar-refractivity contribution in [1.82, 2.24) is 9.80 Å². The Morgan fingerprint density at radius 2 is 1.33 bits per heavy atom. The molecule has 0 atom stereocenters. The minimum atomic E-state index is -1.38. The summed E-state index contributed by atoms with van der Waals surface area (Å²) < 4.78 is 5.48. The fraction of sp³-hybridized carbons (Fsp3) is 0.375. The van der Waals surface area contributed by atoms with Crippen LogP contribution in [0.3, 0.4) is 0 Å². The Kier molecular flexibility index (Phi) is 4.98. The summed E-state index contributed by atoms with van der Waals surface area (Å²) in [5.74, 6) is -0.389. The molecule has 1 fully saturated rings. The molecule has 1 aliphatic heterocycles. The first-order valence-electron chi connectivity index (χ1n) is 10.2. The van der Waals surface area contributed by atoms with Gasteiger partial charge in [-0.2, -0.15) is 0 Å². The zero-order valence-electron chi connectivity index (χ0n) is 17.6. The molecule has 2 aromatic rings. The lowest BCUT2D eigenvalue weighted by molar-refractivity contribution is 0.00214. The number of hydrogen-bond donors (Lipinski definition) is 0. The number of carbonyl (C=O) groups excluding carboxylic acids is 3. The van der Waals surface area contributed by atoms with Gasteiger partial charge >= 0.3 is 6.09 Å². The summed E-state index contributed by atoms with van der Waals surface area (Å²) in [6.07, 6.45) is -0.372. The number of ketones is 2. The standard InChI is InChI=1S/C24H26N2O4/c1-23(2,3)30-22(29)25-13-15-26(16-14-25)24(17-9-5-4-6-10-17)20(27)18-11-7-8-12-19(18)21(24)28/h4-12H,13-16H2,1-3H3. The Bertz CT molecular complexity index is 951. The van der Waals surface area contributed by atoms with Crippen LogP contribution >= 0.6 is 0 Å². The van der Waals surface area contributed by atoms with E-state index in [0.717, 1.165) is 0 Å². The summed E-state index contributed by atoms with van der Waals surface area (Å²) in [6, 6.07) is 16.2. The van der Waals surface area contributed by atoms with Gasteiger partial charge in [0.15, 0.2) is 17.1 Å². The molecule has 0 aromatic heterocycles. The number of amides is 1. The van der Waals surface area contributed by atoms with Gasteiger partial charge in [0.1, 0.15) is 5.60 Å². The molecular weight excluding hydrogens is 380 g/mol. The molecule has 30 heavy (non-hydrogen) atoms. The van der Waals surface area contributed by atoms with Crippen LogP contribution in [0.5, 0.6) is 0 Å². The maximum Gasteiger partial charge on any atom is 0.410 e. The molecule has 6 heteroatoms. The number of carbonyl (C=O) groups is 3. The summed E-state index contributed by atoms with van der Waals surface area (Å²) in [6.45, 7) is 7.08. The average molecular weight is 406 g/mol. The number of fused-ring (bicyclic) bond motifs is 1. The Hall–Kier alpha value is -2.99. The Morgan fingerprint density at radius 1 is 0.833 bits per heavy atom. The summed E-state index contributed by atoms with van der Waals surface area (Å²) in [5, 5.41) is 0. The third kappa shape index (κ3) is 3.21. The number of rotatable bonds is 2. The lowest BCUT2D eigenvalue weighted by atomic mass is 9.82. The van der Waals surface area contributed by atoms with Gasteiger partial charge in [-0.15, -0.1) is 0 Å². The molecule has 0 N–H and O–H groups in total. The van der Waals surface area contributed by atoms with Crippen LogP contribution in [-0.4, -0.2) is 59.2 Å². The van der Waals surface area contributed by atoms with E-state index < -0.39 is 11.1 Å². The van der Waals surface area contributed by atoms with Crippen molar-refractivity contribution in [3.05, 3.63) is 71.3 Å². The van der Waals surface area contributed by atoms with Gasteiger partial charge in [-0.05, 0) is 26.3 Å². The highest BCUT2D eigenvalue weighted by molar-refractivity contribution is 6.32. The van der Waals surface area contributed by atoms with Crippen molar-refractivity contribution < 1.29 is 19.1 Å². The highest BCUT2D eigenvalue weighted by Crippen LogP contribution is 2.42. The Labute approximate surface area is 176 Å². The highest BCUT2D eigenvalue weighted by atomic mass is 16.6. The lowest BCUT2D eigenvalue weighted by Crippen LogP contribution is -2.61. The Balaban J connectivity index is 1.67. The predicted molar refractivity (Wildman–Crippen MR) is 113 cm³/mol. The number of nitrogens with zero attached hydrogens (tertiary/aromatic N) is 2. The number of benzene rings is 2. The molecule has 2 aromatic carbocycles. The SMILES string of the molecule is CC(C)(C)OC(=O)N1CCN(C2(c3ccccc3)C(=O)c3ccccc3C2=O)CC1. The largest absolute Gasteiger partial charge is 0.444 e. The van der Waals surface area contributed by atoms with E-state index in [1.54, 1.807) is 29.2 Å². The predicted octanol–water partition coefficient (Wildman–Crippen LogP) is 3.51. The molecule has 6 nitrogen and oxygen atoms in total. The van der Waals surface area contributed by atoms with Gasteiger partial charge in [0.2, 0.25) is 0 Å². The first kappa shape index (κ1) is 20.3. The van der Waals surface area contributed by atoms with E-state index in [0.29, 0.717) is 42.9 Å². The van der Waals surface area contributed by atoms with Gasteiger partial charge in [0, 0.05) is 37.3 Å². The molecule has 156 valence electrons. The number of ether oxygens (including phenoxy) is 1. The van der Waals surface area contributed by atoms with Crippen molar-refractivity contribution in [3.63, 3.8) is 0 Å². The molecule has 1 heterocycles. The zero-order valence-corrected chi connectivity index (χ0v) is 17.6. The smallest absolute Gasteiger partial charge is 0.410 e. The van der Waals surface area contributed by atoms with Gasteiger partial charge in [0.25, 0.3) is 0 Å². The third-order valence-corrected chi connectivity index (χ3v) is 5.67. The van der Waals surface area contributed by atoms with Gasteiger partial charge in [-0.25, -0.2) is 4.79 Å². The van der Waals surface area contributed by atoms with Crippen molar-refractivity contribution >= 4 is 17.7 Å². The van der Waals surface area contributed by atoms with E-state index in [1.807, 2.05) is 56.0 Å². The van der Waals surface area contributed by atoms with Crippen LogP contribution in [0, 0.1) is 0 Å². The average Bonchev–Trinajstić information content (AvgIpc) is 2.96. The second-order valence-corrected chi connectivity index (χ2v) is 8.73. The molecule has 1 amide bonds. The highest BCUT2D eigenvalue weighted by Gasteiger charge is 2.58. The van der Waals surface area contributed by atoms with Crippen LogP contribution in [0.4, 0.5) is 4.79 Å². The van der Waals surface area contributed by atoms with Crippen LogP contribution in [0.2, 0.25) is 0 Å². The van der Waals surface area contributed by atoms with E-state index in [9.17, 15) is 14.4 Å². The molecule has 0 spiro atoms. The minimum Gasteiger partial charge on any atom is -0.444 e. The normalized spacial score (nSPS) is 19.0. The van der Waals surface area contributed by atoms with Crippen LogP contribution < -0.4 is 0 Å². The summed E-state index contributed by atoms with van der Waals surface area (Å²) in [4.78, 5) is 43.3. The van der Waals surface area contributed by atoms with E-state index in [4.69, 9.17) is 4.74 Å². The second kappa shape index (κ2) is 7.36. The fourth-order valence-corrected chi connectivity index (χ4v) is 4.33. The van der Waals surface area contributed by atoms with Crippen molar-refractivity contribution in [2.45, 2.75) is 31.9 Å². The van der Waals surface area contributed by atoms with Crippen LogP contribution in [0.15, 0.2) is 54.6 Å². The minimum absolute atomic E-state index is 0.194. The first-order chi connectivity index (χ1) is 14.2. The molecule has 0 saturated carbocycles. The quantitative estimate of drug-likeness (QED) is 0.714. The molecule has 0 bridgehead atoms.